The first-order chi connectivity index (χ1) is 9.95. The Hall–Kier alpha value is -0.560. The van der Waals surface area contributed by atoms with E-state index in [2.05, 4.69) is 18.8 Å². The third kappa shape index (κ3) is 4.98. The van der Waals surface area contributed by atoms with Crippen molar-refractivity contribution in [1.82, 2.24) is 0 Å². The Morgan fingerprint density at radius 2 is 1.90 bits per heavy atom. The number of aliphatic hydroxyl groups is 1. The summed E-state index contributed by atoms with van der Waals surface area (Å²) in [7, 11) is 0. The van der Waals surface area contributed by atoms with Gasteiger partial charge in [0.25, 0.3) is 0 Å². The number of hydrogen-bond donors (Lipinski definition) is 1. The first kappa shape index (κ1) is 16.8. The van der Waals surface area contributed by atoms with Crippen LogP contribution in [-0.2, 0) is 9.47 Å². The fourth-order valence-corrected chi connectivity index (χ4v) is 3.28. The average molecular weight is 294 g/mol. The Bertz CT molecular complexity index is 393. The number of rotatable bonds is 6. The Kier molecular flexibility index (Phi) is 5.71. The Balaban J connectivity index is 1.86. The summed E-state index contributed by atoms with van der Waals surface area (Å²) in [5.41, 5.74) is 0. The molecular weight excluding hydrogens is 264 g/mol. The van der Waals surface area contributed by atoms with Crippen molar-refractivity contribution in [2.45, 2.75) is 90.3 Å². The Morgan fingerprint density at radius 1 is 1.19 bits per heavy atom. The molecule has 2 unspecified atom stereocenters. The summed E-state index contributed by atoms with van der Waals surface area (Å²) in [5, 5.41) is 9.50. The highest BCUT2D eigenvalue weighted by molar-refractivity contribution is 5.07. The lowest BCUT2D eigenvalue weighted by atomic mass is 10.0. The summed E-state index contributed by atoms with van der Waals surface area (Å²) >= 11 is 0. The van der Waals surface area contributed by atoms with Gasteiger partial charge in [0.15, 0.2) is 5.79 Å². The van der Waals surface area contributed by atoms with Gasteiger partial charge < -0.3 is 14.6 Å². The Labute approximate surface area is 129 Å². The van der Waals surface area contributed by atoms with Crippen molar-refractivity contribution in [1.29, 1.82) is 0 Å². The predicted molar refractivity (Wildman–Crippen MR) is 83.6 cm³/mol. The third-order valence-corrected chi connectivity index (χ3v) is 4.51. The molecule has 120 valence electrons. The van der Waals surface area contributed by atoms with Gasteiger partial charge in [-0.25, -0.2) is 0 Å². The third-order valence-electron chi connectivity index (χ3n) is 4.51. The van der Waals surface area contributed by atoms with E-state index in [9.17, 15) is 5.11 Å². The molecule has 0 amide bonds. The zero-order chi connectivity index (χ0) is 15.5. The molecule has 5 atom stereocenters. The normalized spacial score (nSPS) is 35.1. The smallest absolute Gasteiger partial charge is 0.163 e. The van der Waals surface area contributed by atoms with E-state index in [4.69, 9.17) is 9.47 Å². The van der Waals surface area contributed by atoms with E-state index in [-0.39, 0.29) is 12.2 Å². The van der Waals surface area contributed by atoms with Crippen molar-refractivity contribution in [3.63, 3.8) is 0 Å². The zero-order valence-electron chi connectivity index (χ0n) is 13.9. The molecule has 0 radical (unpaired) electrons. The lowest BCUT2D eigenvalue weighted by Crippen LogP contribution is -2.23. The molecule has 0 aromatic rings. The molecule has 1 saturated carbocycles. The van der Waals surface area contributed by atoms with E-state index in [1.807, 2.05) is 20.8 Å². The summed E-state index contributed by atoms with van der Waals surface area (Å²) in [6, 6.07) is 0. The first-order valence-corrected chi connectivity index (χ1v) is 8.47. The van der Waals surface area contributed by atoms with E-state index >= 15 is 0 Å². The molecule has 1 saturated heterocycles. The lowest BCUT2D eigenvalue weighted by Gasteiger charge is -2.16. The van der Waals surface area contributed by atoms with Crippen LogP contribution in [0.15, 0.2) is 0 Å². The second-order valence-corrected chi connectivity index (χ2v) is 6.94. The van der Waals surface area contributed by atoms with E-state index in [1.165, 1.54) is 19.3 Å². The number of hydrogen-bond acceptors (Lipinski definition) is 3. The van der Waals surface area contributed by atoms with Crippen molar-refractivity contribution in [2.75, 3.05) is 0 Å². The topological polar surface area (TPSA) is 38.7 Å². The highest BCUT2D eigenvalue weighted by atomic mass is 16.7. The second kappa shape index (κ2) is 7.13. The fraction of sp³-hybridized carbons (Fsp3) is 0.889. The first-order valence-electron chi connectivity index (χ1n) is 8.47. The molecule has 0 aromatic heterocycles. The van der Waals surface area contributed by atoms with Crippen molar-refractivity contribution in [3.05, 3.63) is 0 Å². The fourth-order valence-electron chi connectivity index (χ4n) is 3.28. The molecule has 2 rings (SSSR count). The van der Waals surface area contributed by atoms with E-state index in [0.717, 1.165) is 18.3 Å². The van der Waals surface area contributed by atoms with Crippen LogP contribution in [0.3, 0.4) is 0 Å². The molecule has 3 nitrogen and oxygen atoms in total. The molecule has 2 fully saturated rings. The zero-order valence-corrected chi connectivity index (χ0v) is 13.9. The van der Waals surface area contributed by atoms with Crippen LogP contribution in [0.5, 0.6) is 0 Å². The van der Waals surface area contributed by atoms with Gasteiger partial charge in [-0.1, -0.05) is 38.5 Å². The SMILES string of the molecule is CCCC1CC1C[C@H]1OC(C)(C)O[C@@H]1CC#C[C@@H](O)CC. The van der Waals surface area contributed by atoms with Gasteiger partial charge in [0, 0.05) is 6.42 Å². The minimum Gasteiger partial charge on any atom is -0.380 e. The van der Waals surface area contributed by atoms with Gasteiger partial charge in [-0.05, 0) is 44.9 Å². The standard InChI is InChI=1S/C18H30O3/c1-5-8-13-11-14(13)12-17-16(20-18(3,4)21-17)10-7-9-15(19)6-2/h13-17,19H,5-6,8,10-12H2,1-4H3/t13?,14?,15-,16+,17+/m0/s1. The van der Waals surface area contributed by atoms with Gasteiger partial charge in [-0.3, -0.25) is 0 Å². The molecule has 1 heterocycles. The molecule has 1 N–H and O–H groups in total. The van der Waals surface area contributed by atoms with E-state index in [0.29, 0.717) is 12.8 Å². The number of ether oxygens (including phenoxy) is 2. The molecule has 3 heteroatoms. The maximum absolute atomic E-state index is 9.50. The predicted octanol–water partition coefficient (Wildman–Crippen LogP) is 3.50. The van der Waals surface area contributed by atoms with Crippen LogP contribution in [0, 0.1) is 23.7 Å². The monoisotopic (exact) mass is 294 g/mol. The molecule has 0 bridgehead atoms. The van der Waals surface area contributed by atoms with Crippen LogP contribution in [0.1, 0.15) is 66.2 Å². The highest BCUT2D eigenvalue weighted by Crippen LogP contribution is 2.47. The van der Waals surface area contributed by atoms with Crippen molar-refractivity contribution < 1.29 is 14.6 Å². The molecule has 0 spiro atoms. The summed E-state index contributed by atoms with van der Waals surface area (Å²) in [6.45, 7) is 8.14. The molecule has 1 aliphatic carbocycles. The second-order valence-electron chi connectivity index (χ2n) is 6.94. The Morgan fingerprint density at radius 3 is 2.57 bits per heavy atom. The van der Waals surface area contributed by atoms with Crippen molar-refractivity contribution >= 4 is 0 Å². The maximum atomic E-state index is 9.50. The van der Waals surface area contributed by atoms with Gasteiger partial charge in [0.1, 0.15) is 6.10 Å². The molecule has 21 heavy (non-hydrogen) atoms. The minimum atomic E-state index is -0.517. The van der Waals surface area contributed by atoms with Gasteiger partial charge in [0.2, 0.25) is 0 Å². The van der Waals surface area contributed by atoms with Crippen LogP contribution in [0.25, 0.3) is 0 Å². The van der Waals surface area contributed by atoms with Crippen LogP contribution < -0.4 is 0 Å². The maximum Gasteiger partial charge on any atom is 0.163 e. The molecular formula is C18H30O3. The minimum absolute atomic E-state index is 0.0411. The van der Waals surface area contributed by atoms with Crippen molar-refractivity contribution in [2.24, 2.45) is 11.8 Å². The van der Waals surface area contributed by atoms with Crippen LogP contribution >= 0.6 is 0 Å². The van der Waals surface area contributed by atoms with Gasteiger partial charge >= 0.3 is 0 Å². The van der Waals surface area contributed by atoms with Gasteiger partial charge in [0.05, 0.1) is 12.2 Å². The summed E-state index contributed by atoms with van der Waals surface area (Å²) in [4.78, 5) is 0. The summed E-state index contributed by atoms with van der Waals surface area (Å²) in [6.07, 6.45) is 6.06. The number of aliphatic hydroxyl groups excluding tert-OH is 1. The quantitative estimate of drug-likeness (QED) is 0.762. The van der Waals surface area contributed by atoms with Gasteiger partial charge in [-0.2, -0.15) is 0 Å². The molecule has 2 aliphatic rings. The lowest BCUT2D eigenvalue weighted by molar-refractivity contribution is -0.146. The van der Waals surface area contributed by atoms with Crippen LogP contribution in [0.4, 0.5) is 0 Å². The van der Waals surface area contributed by atoms with Gasteiger partial charge in [-0.15, -0.1) is 0 Å². The largest absolute Gasteiger partial charge is 0.380 e. The van der Waals surface area contributed by atoms with Crippen LogP contribution in [0.2, 0.25) is 0 Å². The van der Waals surface area contributed by atoms with Crippen LogP contribution in [-0.4, -0.2) is 29.2 Å². The van der Waals surface area contributed by atoms with E-state index in [1.54, 1.807) is 0 Å². The van der Waals surface area contributed by atoms with E-state index < -0.39 is 11.9 Å². The summed E-state index contributed by atoms with van der Waals surface area (Å²) in [5.74, 6) is 7.15. The molecule has 1 aliphatic heterocycles. The summed E-state index contributed by atoms with van der Waals surface area (Å²) < 4.78 is 12.1. The average Bonchev–Trinajstić information content (AvgIpc) is 3.06. The van der Waals surface area contributed by atoms with Crippen molar-refractivity contribution in [3.8, 4) is 11.8 Å². The molecule has 0 aromatic carbocycles. The highest BCUT2D eigenvalue weighted by Gasteiger charge is 2.46.